The van der Waals surface area contributed by atoms with E-state index >= 15 is 0 Å². The topological polar surface area (TPSA) is 53.4 Å². The number of nitrogens with zero attached hydrogens (tertiary/aromatic N) is 2. The summed E-state index contributed by atoms with van der Waals surface area (Å²) in [5.74, 6) is 1.34. The zero-order chi connectivity index (χ0) is 13.1. The molecule has 0 saturated heterocycles. The molecule has 0 amide bonds. The van der Waals surface area contributed by atoms with Crippen LogP contribution in [0.1, 0.15) is 16.1 Å². The lowest BCUT2D eigenvalue weighted by Crippen LogP contribution is -1.99. The van der Waals surface area contributed by atoms with Crippen LogP contribution < -0.4 is 9.47 Å². The van der Waals surface area contributed by atoms with Crippen LogP contribution >= 0.6 is 0 Å². The Morgan fingerprint density at radius 3 is 2.61 bits per heavy atom. The Balaban J connectivity index is 2.52. The molecule has 0 fully saturated rings. The molecule has 0 bridgehead atoms. The third kappa shape index (κ3) is 2.07. The highest BCUT2D eigenvalue weighted by Crippen LogP contribution is 2.27. The minimum absolute atomic E-state index is 0.563. The molecule has 0 unspecified atom stereocenters. The highest BCUT2D eigenvalue weighted by molar-refractivity contribution is 5.76. The van der Waals surface area contributed by atoms with E-state index in [0.717, 1.165) is 12.0 Å². The van der Waals surface area contributed by atoms with Gasteiger partial charge in [0.05, 0.1) is 25.5 Å². The minimum atomic E-state index is 0.563. The van der Waals surface area contributed by atoms with Crippen molar-refractivity contribution in [1.82, 2.24) is 9.78 Å². The van der Waals surface area contributed by atoms with Gasteiger partial charge in [0.1, 0.15) is 17.2 Å². The Hall–Kier alpha value is -2.30. The van der Waals surface area contributed by atoms with Crippen LogP contribution in [0, 0.1) is 6.92 Å². The van der Waals surface area contributed by atoms with Gasteiger partial charge < -0.3 is 9.47 Å². The number of aryl methyl sites for hydroxylation is 1. The second kappa shape index (κ2) is 4.91. The number of aldehydes is 1. The summed E-state index contributed by atoms with van der Waals surface area (Å²) < 4.78 is 12.1. The lowest BCUT2D eigenvalue weighted by molar-refractivity contribution is 0.112. The summed E-state index contributed by atoms with van der Waals surface area (Å²) in [5.41, 5.74) is 2.00. The molecule has 2 rings (SSSR count). The first-order valence-electron chi connectivity index (χ1n) is 5.43. The third-order valence-electron chi connectivity index (χ3n) is 2.70. The lowest BCUT2D eigenvalue weighted by atomic mass is 10.2. The molecule has 1 aromatic carbocycles. The minimum Gasteiger partial charge on any atom is -0.497 e. The summed E-state index contributed by atoms with van der Waals surface area (Å²) in [5, 5.41) is 4.28. The molecule has 0 saturated carbocycles. The predicted molar refractivity (Wildman–Crippen MR) is 66.8 cm³/mol. The van der Waals surface area contributed by atoms with Crippen molar-refractivity contribution in [3.8, 4) is 17.2 Å². The normalized spacial score (nSPS) is 10.2. The van der Waals surface area contributed by atoms with Gasteiger partial charge in [-0.2, -0.15) is 5.10 Å². The molecule has 5 heteroatoms. The molecule has 0 aliphatic rings. The number of rotatable bonds is 4. The quantitative estimate of drug-likeness (QED) is 0.774. The Morgan fingerprint density at radius 1 is 1.28 bits per heavy atom. The number of carbonyl (C=O) groups excluding carboxylic acids is 1. The van der Waals surface area contributed by atoms with Gasteiger partial charge >= 0.3 is 0 Å². The highest BCUT2D eigenvalue weighted by atomic mass is 16.5. The molecule has 0 spiro atoms. The molecule has 1 aromatic heterocycles. The average Bonchev–Trinajstić information content (AvgIpc) is 2.79. The number of hydrogen-bond acceptors (Lipinski definition) is 4. The summed E-state index contributed by atoms with van der Waals surface area (Å²) in [6, 6.07) is 5.42. The van der Waals surface area contributed by atoms with E-state index in [1.54, 1.807) is 38.1 Å². The van der Waals surface area contributed by atoms with Crippen LogP contribution in [0.2, 0.25) is 0 Å². The van der Waals surface area contributed by atoms with E-state index in [0.29, 0.717) is 22.8 Å². The molecular weight excluding hydrogens is 232 g/mol. The van der Waals surface area contributed by atoms with Crippen LogP contribution in [0.4, 0.5) is 0 Å². The maximum Gasteiger partial charge on any atom is 0.153 e. The van der Waals surface area contributed by atoms with Crippen molar-refractivity contribution in [2.75, 3.05) is 14.2 Å². The van der Waals surface area contributed by atoms with Crippen molar-refractivity contribution in [1.29, 1.82) is 0 Å². The molecular formula is C13H14N2O3. The summed E-state index contributed by atoms with van der Waals surface area (Å²) >= 11 is 0. The van der Waals surface area contributed by atoms with E-state index in [4.69, 9.17) is 9.47 Å². The third-order valence-corrected chi connectivity index (χ3v) is 2.70. The maximum atomic E-state index is 10.8. The van der Waals surface area contributed by atoms with Gasteiger partial charge in [-0.3, -0.25) is 4.79 Å². The van der Waals surface area contributed by atoms with Gasteiger partial charge in [0.25, 0.3) is 0 Å². The summed E-state index contributed by atoms with van der Waals surface area (Å²) in [6.07, 6.45) is 2.46. The van der Waals surface area contributed by atoms with Gasteiger partial charge in [-0.15, -0.1) is 0 Å². The first kappa shape index (κ1) is 12.2. The van der Waals surface area contributed by atoms with E-state index in [2.05, 4.69) is 5.10 Å². The van der Waals surface area contributed by atoms with Gasteiger partial charge in [-0.1, -0.05) is 0 Å². The fourth-order valence-electron chi connectivity index (χ4n) is 1.69. The van der Waals surface area contributed by atoms with E-state index in [9.17, 15) is 4.79 Å². The molecule has 1 heterocycles. The number of methoxy groups -OCH3 is 2. The number of benzene rings is 1. The standard InChI is InChI=1S/C13H14N2O3/c1-9-10(8-16)7-15(14-9)12-5-4-11(17-2)6-13(12)18-3/h4-8H,1-3H3. The van der Waals surface area contributed by atoms with Gasteiger partial charge in [-0.05, 0) is 19.1 Å². The summed E-state index contributed by atoms with van der Waals surface area (Å²) in [7, 11) is 3.17. The second-order valence-electron chi connectivity index (χ2n) is 3.77. The van der Waals surface area contributed by atoms with Crippen LogP contribution in [0.25, 0.3) is 5.69 Å². The number of aromatic nitrogens is 2. The fourth-order valence-corrected chi connectivity index (χ4v) is 1.69. The van der Waals surface area contributed by atoms with Gasteiger partial charge in [-0.25, -0.2) is 4.68 Å². The van der Waals surface area contributed by atoms with Crippen LogP contribution in [-0.2, 0) is 0 Å². The maximum absolute atomic E-state index is 10.8. The van der Waals surface area contributed by atoms with Crippen molar-refractivity contribution in [2.45, 2.75) is 6.92 Å². The predicted octanol–water partition coefficient (Wildman–Crippen LogP) is 2.01. The molecule has 5 nitrogen and oxygen atoms in total. The highest BCUT2D eigenvalue weighted by Gasteiger charge is 2.10. The van der Waals surface area contributed by atoms with Crippen LogP contribution in [-0.4, -0.2) is 30.3 Å². The molecule has 0 aliphatic carbocycles. The number of carbonyl (C=O) groups is 1. The Labute approximate surface area is 105 Å². The summed E-state index contributed by atoms with van der Waals surface area (Å²) in [6.45, 7) is 1.79. The molecule has 0 atom stereocenters. The van der Waals surface area contributed by atoms with Crippen molar-refractivity contribution in [2.24, 2.45) is 0 Å². The van der Waals surface area contributed by atoms with E-state index < -0.39 is 0 Å². The van der Waals surface area contributed by atoms with Gasteiger partial charge in [0.2, 0.25) is 0 Å². The van der Waals surface area contributed by atoms with Crippen LogP contribution in [0.15, 0.2) is 24.4 Å². The van der Waals surface area contributed by atoms with Crippen molar-refractivity contribution < 1.29 is 14.3 Å². The second-order valence-corrected chi connectivity index (χ2v) is 3.77. The van der Waals surface area contributed by atoms with Crippen LogP contribution in [0.3, 0.4) is 0 Å². The smallest absolute Gasteiger partial charge is 0.153 e. The average molecular weight is 246 g/mol. The van der Waals surface area contributed by atoms with E-state index in [-0.39, 0.29) is 0 Å². The lowest BCUT2D eigenvalue weighted by Gasteiger charge is -2.09. The molecule has 0 aliphatic heterocycles. The van der Waals surface area contributed by atoms with Gasteiger partial charge in [0, 0.05) is 12.3 Å². The van der Waals surface area contributed by atoms with Crippen LogP contribution in [0.5, 0.6) is 11.5 Å². The summed E-state index contributed by atoms with van der Waals surface area (Å²) in [4.78, 5) is 10.8. The Bertz CT molecular complexity index is 576. The van der Waals surface area contributed by atoms with Crippen molar-refractivity contribution in [3.63, 3.8) is 0 Å². The number of ether oxygens (including phenoxy) is 2. The first-order valence-corrected chi connectivity index (χ1v) is 5.43. The van der Waals surface area contributed by atoms with E-state index in [1.165, 1.54) is 0 Å². The zero-order valence-corrected chi connectivity index (χ0v) is 10.5. The molecule has 2 aromatic rings. The molecule has 18 heavy (non-hydrogen) atoms. The van der Waals surface area contributed by atoms with Crippen molar-refractivity contribution >= 4 is 6.29 Å². The van der Waals surface area contributed by atoms with Crippen molar-refractivity contribution in [3.05, 3.63) is 35.7 Å². The number of hydrogen-bond donors (Lipinski definition) is 0. The molecule has 0 N–H and O–H groups in total. The Kier molecular flexibility index (Phi) is 3.32. The monoisotopic (exact) mass is 246 g/mol. The largest absolute Gasteiger partial charge is 0.497 e. The first-order chi connectivity index (χ1) is 8.69. The zero-order valence-electron chi connectivity index (χ0n) is 10.5. The van der Waals surface area contributed by atoms with E-state index in [1.807, 2.05) is 12.1 Å². The van der Waals surface area contributed by atoms with Gasteiger partial charge in [0.15, 0.2) is 6.29 Å². The Morgan fingerprint density at radius 2 is 2.06 bits per heavy atom. The molecule has 94 valence electrons. The molecule has 0 radical (unpaired) electrons. The fraction of sp³-hybridized carbons (Fsp3) is 0.231. The SMILES string of the molecule is COc1ccc(-n2cc(C=O)c(C)n2)c(OC)c1.